The molecule has 3 rings (SSSR count). The Bertz CT molecular complexity index is 977. The third-order valence-corrected chi connectivity index (χ3v) is 5.96. The number of nitrogens with zero attached hydrogens (tertiary/aromatic N) is 2. The Hall–Kier alpha value is -2.86. The molecule has 0 atom stereocenters. The number of sulfonamides is 1. The van der Waals surface area contributed by atoms with Crippen LogP contribution in [-0.2, 0) is 24.3 Å². The highest BCUT2D eigenvalue weighted by atomic mass is 32.2. The zero-order chi connectivity index (χ0) is 22.1. The smallest absolute Gasteiger partial charge is 0.242 e. The minimum Gasteiger partial charge on any atom is -0.379 e. The van der Waals surface area contributed by atoms with Crippen LogP contribution < -0.4 is 15.4 Å². The number of hydrogen-bond donors (Lipinski definition) is 3. The van der Waals surface area contributed by atoms with E-state index >= 15 is 0 Å². The van der Waals surface area contributed by atoms with Gasteiger partial charge in [-0.3, -0.25) is 19.5 Å². The summed E-state index contributed by atoms with van der Waals surface area (Å²) in [5, 5.41) is 5.51. The second kappa shape index (κ2) is 11.0. The second-order valence-corrected chi connectivity index (χ2v) is 8.67. The Labute approximate surface area is 181 Å². The lowest BCUT2D eigenvalue weighted by molar-refractivity contribution is -0.118. The molecule has 166 valence electrons. The first kappa shape index (κ1) is 22.8. The molecule has 1 saturated heterocycles. The average molecular weight is 448 g/mol. The van der Waals surface area contributed by atoms with Crippen LogP contribution in [0.3, 0.4) is 0 Å². The van der Waals surface area contributed by atoms with Crippen LogP contribution in [0.4, 0.5) is 11.4 Å². The normalized spacial score (nSPS) is 14.7. The van der Waals surface area contributed by atoms with Crippen molar-refractivity contribution in [3.05, 3.63) is 48.8 Å². The zero-order valence-corrected chi connectivity index (χ0v) is 17.7. The Morgan fingerprint density at radius 1 is 1.00 bits per heavy atom. The molecule has 0 bridgehead atoms. The topological polar surface area (TPSA) is 130 Å². The van der Waals surface area contributed by atoms with Crippen LogP contribution in [-0.4, -0.2) is 69.5 Å². The molecule has 10 nitrogen and oxygen atoms in total. The fourth-order valence-electron chi connectivity index (χ4n) is 2.91. The van der Waals surface area contributed by atoms with Crippen LogP contribution in [0.2, 0.25) is 0 Å². The molecule has 1 aromatic carbocycles. The van der Waals surface area contributed by atoms with Crippen molar-refractivity contribution in [3.63, 3.8) is 0 Å². The molecule has 1 aliphatic rings. The van der Waals surface area contributed by atoms with Gasteiger partial charge in [0, 0.05) is 49.8 Å². The van der Waals surface area contributed by atoms with E-state index in [0.717, 1.165) is 13.1 Å². The van der Waals surface area contributed by atoms with E-state index in [4.69, 9.17) is 4.74 Å². The van der Waals surface area contributed by atoms with Gasteiger partial charge in [0.15, 0.2) is 0 Å². The van der Waals surface area contributed by atoms with Crippen molar-refractivity contribution in [1.29, 1.82) is 0 Å². The molecule has 1 fully saturated rings. The van der Waals surface area contributed by atoms with E-state index < -0.39 is 10.0 Å². The predicted octanol–water partition coefficient (Wildman–Crippen LogP) is 0.659. The van der Waals surface area contributed by atoms with Gasteiger partial charge in [-0.1, -0.05) is 0 Å². The van der Waals surface area contributed by atoms with Gasteiger partial charge in [-0.25, -0.2) is 13.1 Å². The highest BCUT2D eigenvalue weighted by molar-refractivity contribution is 7.89. The van der Waals surface area contributed by atoms with E-state index in [1.165, 1.54) is 24.5 Å². The summed E-state index contributed by atoms with van der Waals surface area (Å²) in [7, 11) is -3.70. The van der Waals surface area contributed by atoms with Crippen molar-refractivity contribution in [2.24, 2.45) is 0 Å². The van der Waals surface area contributed by atoms with E-state index in [1.807, 2.05) is 4.90 Å². The number of anilines is 2. The van der Waals surface area contributed by atoms with Gasteiger partial charge in [0.05, 0.1) is 19.8 Å². The SMILES string of the molecule is O=C(CCNS(=O)(=O)c1cccnc1)Nc1ccc(NC(=O)CN2CCOCC2)cc1. The molecule has 3 N–H and O–H groups in total. The first-order valence-electron chi connectivity index (χ1n) is 9.82. The van der Waals surface area contributed by atoms with Gasteiger partial charge in [-0.15, -0.1) is 0 Å². The molecular weight excluding hydrogens is 422 g/mol. The lowest BCUT2D eigenvalue weighted by Crippen LogP contribution is -2.41. The van der Waals surface area contributed by atoms with Crippen molar-refractivity contribution in [2.45, 2.75) is 11.3 Å². The van der Waals surface area contributed by atoms with E-state index in [9.17, 15) is 18.0 Å². The van der Waals surface area contributed by atoms with Crippen LogP contribution in [0.1, 0.15) is 6.42 Å². The first-order valence-corrected chi connectivity index (χ1v) is 11.3. The predicted molar refractivity (Wildman–Crippen MR) is 115 cm³/mol. The summed E-state index contributed by atoms with van der Waals surface area (Å²) in [5.41, 5.74) is 1.17. The molecule has 2 amide bonds. The van der Waals surface area contributed by atoms with E-state index in [0.29, 0.717) is 31.1 Å². The molecule has 0 radical (unpaired) electrons. The highest BCUT2D eigenvalue weighted by Crippen LogP contribution is 2.14. The number of amides is 2. The van der Waals surface area contributed by atoms with Crippen molar-refractivity contribution in [1.82, 2.24) is 14.6 Å². The Morgan fingerprint density at radius 3 is 2.26 bits per heavy atom. The maximum Gasteiger partial charge on any atom is 0.242 e. The quantitative estimate of drug-likeness (QED) is 0.515. The number of carbonyl (C=O) groups is 2. The summed E-state index contributed by atoms with van der Waals surface area (Å²) in [5.74, 6) is -0.447. The molecule has 2 heterocycles. The fourth-order valence-corrected chi connectivity index (χ4v) is 3.91. The van der Waals surface area contributed by atoms with Gasteiger partial charge in [-0.2, -0.15) is 0 Å². The number of nitrogens with one attached hydrogen (secondary N) is 3. The molecule has 0 aliphatic carbocycles. The number of pyridine rings is 1. The minimum absolute atomic E-state index is 0.0302. The van der Waals surface area contributed by atoms with E-state index in [-0.39, 0.29) is 29.7 Å². The summed E-state index contributed by atoms with van der Waals surface area (Å²) in [4.78, 5) is 30.0. The van der Waals surface area contributed by atoms with Crippen LogP contribution in [0.15, 0.2) is 53.7 Å². The van der Waals surface area contributed by atoms with E-state index in [1.54, 1.807) is 24.3 Å². The maximum atomic E-state index is 12.1. The summed E-state index contributed by atoms with van der Waals surface area (Å²) in [6.07, 6.45) is 2.69. The molecule has 0 saturated carbocycles. The molecule has 0 spiro atoms. The van der Waals surface area contributed by atoms with E-state index in [2.05, 4.69) is 20.3 Å². The first-order chi connectivity index (χ1) is 14.9. The van der Waals surface area contributed by atoms with Crippen molar-refractivity contribution >= 4 is 33.2 Å². The number of benzene rings is 1. The Kier molecular flexibility index (Phi) is 8.06. The molecule has 0 unspecified atom stereocenters. The third kappa shape index (κ3) is 7.40. The number of carbonyl (C=O) groups excluding carboxylic acids is 2. The number of morpholine rings is 1. The van der Waals surface area contributed by atoms with Crippen molar-refractivity contribution < 1.29 is 22.7 Å². The molecule has 2 aromatic rings. The van der Waals surface area contributed by atoms with Crippen LogP contribution >= 0.6 is 0 Å². The van der Waals surface area contributed by atoms with Gasteiger partial charge in [0.25, 0.3) is 0 Å². The Morgan fingerprint density at radius 2 is 1.65 bits per heavy atom. The molecular formula is C20H25N5O5S. The Balaban J connectivity index is 1.40. The monoisotopic (exact) mass is 447 g/mol. The van der Waals surface area contributed by atoms with Gasteiger partial charge in [0.1, 0.15) is 4.90 Å². The molecule has 11 heteroatoms. The molecule has 31 heavy (non-hydrogen) atoms. The second-order valence-electron chi connectivity index (χ2n) is 6.90. The van der Waals surface area contributed by atoms with Gasteiger partial charge in [-0.05, 0) is 36.4 Å². The lowest BCUT2D eigenvalue weighted by atomic mass is 10.2. The average Bonchev–Trinajstić information content (AvgIpc) is 2.76. The van der Waals surface area contributed by atoms with Crippen molar-refractivity contribution in [3.8, 4) is 0 Å². The fraction of sp³-hybridized carbons (Fsp3) is 0.350. The summed E-state index contributed by atoms with van der Waals surface area (Å²) in [6.45, 7) is 2.99. The third-order valence-electron chi connectivity index (χ3n) is 4.51. The van der Waals surface area contributed by atoms with Crippen LogP contribution in [0.25, 0.3) is 0 Å². The van der Waals surface area contributed by atoms with Crippen molar-refractivity contribution in [2.75, 3.05) is 50.0 Å². The highest BCUT2D eigenvalue weighted by Gasteiger charge is 2.15. The summed E-state index contributed by atoms with van der Waals surface area (Å²) < 4.78 is 31.8. The van der Waals surface area contributed by atoms with Gasteiger partial charge >= 0.3 is 0 Å². The number of hydrogen-bond acceptors (Lipinski definition) is 7. The number of rotatable bonds is 9. The number of aromatic nitrogens is 1. The number of ether oxygens (including phenoxy) is 1. The largest absolute Gasteiger partial charge is 0.379 e. The zero-order valence-electron chi connectivity index (χ0n) is 16.9. The van der Waals surface area contributed by atoms with Crippen LogP contribution in [0.5, 0.6) is 0 Å². The molecule has 1 aromatic heterocycles. The summed E-state index contributed by atoms with van der Waals surface area (Å²) >= 11 is 0. The van der Waals surface area contributed by atoms with Gasteiger partial charge < -0.3 is 15.4 Å². The standard InChI is InChI=1S/C20H25N5O5S/c26-19(7-9-22-31(28,29)18-2-1-8-21-14-18)23-16-3-5-17(6-4-16)24-20(27)15-25-10-12-30-13-11-25/h1-6,8,14,22H,7,9-13,15H2,(H,23,26)(H,24,27). The minimum atomic E-state index is -3.70. The van der Waals surface area contributed by atoms with Crippen LogP contribution in [0, 0.1) is 0 Å². The summed E-state index contributed by atoms with van der Waals surface area (Å²) in [6, 6.07) is 9.67. The maximum absolute atomic E-state index is 12.1. The molecule has 1 aliphatic heterocycles. The lowest BCUT2D eigenvalue weighted by Gasteiger charge is -2.25. The van der Waals surface area contributed by atoms with Gasteiger partial charge in [0.2, 0.25) is 21.8 Å².